The number of para-hydroxylation sites is 1. The molecule has 1 saturated carbocycles. The Hall–Kier alpha value is -2.65. The van der Waals surface area contributed by atoms with Crippen LogP contribution in [-0.2, 0) is 6.42 Å². The van der Waals surface area contributed by atoms with E-state index in [2.05, 4.69) is 78.9 Å². The minimum absolute atomic E-state index is 0.212. The maximum absolute atomic E-state index is 6.30. The number of nitrogens with zero attached hydrogens (tertiary/aromatic N) is 2. The predicted molar refractivity (Wildman–Crippen MR) is 131 cm³/mol. The molecule has 3 aromatic rings. The molecular weight excluding hydrogens is 378 g/mol. The Labute approximate surface area is 185 Å². The predicted octanol–water partition coefficient (Wildman–Crippen LogP) is 6.22. The topological polar surface area (TPSA) is 43.3 Å². The van der Waals surface area contributed by atoms with E-state index in [-0.39, 0.29) is 5.54 Å². The highest BCUT2D eigenvalue weighted by molar-refractivity contribution is 5.96. The number of benzene rings is 2. The van der Waals surface area contributed by atoms with Gasteiger partial charge in [-0.3, -0.25) is 4.99 Å². The smallest absolute Gasteiger partial charge is 0.109 e. The number of hydrogen-bond acceptors (Lipinski definition) is 2. The SMILES string of the molecule is C=C(Cc1ccccc1C1CCC[C@@H](N)C1)C1(C)CCC(n2ccc3ccccc32)=N1. The lowest BCUT2D eigenvalue weighted by Gasteiger charge is -2.30. The van der Waals surface area contributed by atoms with Crippen molar-refractivity contribution in [1.82, 2.24) is 4.57 Å². The van der Waals surface area contributed by atoms with Crippen LogP contribution in [0.25, 0.3) is 10.9 Å². The second kappa shape index (κ2) is 8.12. The van der Waals surface area contributed by atoms with Gasteiger partial charge in [-0.2, -0.15) is 0 Å². The summed E-state index contributed by atoms with van der Waals surface area (Å²) in [5.74, 6) is 1.73. The molecule has 3 nitrogen and oxygen atoms in total. The Morgan fingerprint density at radius 3 is 2.81 bits per heavy atom. The molecule has 1 aromatic heterocycles. The van der Waals surface area contributed by atoms with Gasteiger partial charge in [-0.25, -0.2) is 0 Å². The Bertz CT molecular complexity index is 1140. The lowest BCUT2D eigenvalue weighted by Crippen LogP contribution is -2.27. The highest BCUT2D eigenvalue weighted by atomic mass is 15.1. The second-order valence-electron chi connectivity index (χ2n) is 9.65. The molecule has 0 spiro atoms. The van der Waals surface area contributed by atoms with Crippen LogP contribution in [0.2, 0.25) is 0 Å². The average Bonchev–Trinajstić information content (AvgIpc) is 3.38. The molecule has 1 aliphatic carbocycles. The van der Waals surface area contributed by atoms with Crippen LogP contribution >= 0.6 is 0 Å². The van der Waals surface area contributed by atoms with Crippen LogP contribution in [-0.4, -0.2) is 22.0 Å². The fourth-order valence-electron chi connectivity index (χ4n) is 5.51. The molecule has 1 aliphatic heterocycles. The van der Waals surface area contributed by atoms with E-state index in [0.29, 0.717) is 12.0 Å². The van der Waals surface area contributed by atoms with Gasteiger partial charge in [0.05, 0.1) is 11.1 Å². The quantitative estimate of drug-likeness (QED) is 0.509. The summed E-state index contributed by atoms with van der Waals surface area (Å²) in [5, 5.41) is 1.26. The van der Waals surface area contributed by atoms with Crippen LogP contribution in [0, 0.1) is 0 Å². The molecule has 31 heavy (non-hydrogen) atoms. The molecule has 1 fully saturated rings. The van der Waals surface area contributed by atoms with Gasteiger partial charge in [0, 0.05) is 18.7 Å². The zero-order valence-corrected chi connectivity index (χ0v) is 18.6. The van der Waals surface area contributed by atoms with Gasteiger partial charge in [0.2, 0.25) is 0 Å². The van der Waals surface area contributed by atoms with Crippen molar-refractivity contribution in [2.24, 2.45) is 10.7 Å². The third-order valence-electron chi connectivity index (χ3n) is 7.46. The van der Waals surface area contributed by atoms with Crippen molar-refractivity contribution >= 4 is 16.7 Å². The number of rotatable bonds is 4. The lowest BCUT2D eigenvalue weighted by atomic mass is 9.78. The van der Waals surface area contributed by atoms with E-state index in [1.54, 1.807) is 0 Å². The zero-order valence-electron chi connectivity index (χ0n) is 18.6. The number of fused-ring (bicyclic) bond motifs is 1. The summed E-state index contributed by atoms with van der Waals surface area (Å²) in [6, 6.07) is 20.0. The van der Waals surface area contributed by atoms with Gasteiger partial charge in [-0.05, 0) is 79.2 Å². The van der Waals surface area contributed by atoms with Crippen molar-refractivity contribution < 1.29 is 0 Å². The Kier molecular flexibility index (Phi) is 5.31. The van der Waals surface area contributed by atoms with Gasteiger partial charge in [0.25, 0.3) is 0 Å². The van der Waals surface area contributed by atoms with Gasteiger partial charge in [-0.1, -0.05) is 55.5 Å². The summed E-state index contributed by atoms with van der Waals surface area (Å²) >= 11 is 0. The van der Waals surface area contributed by atoms with E-state index >= 15 is 0 Å². The summed E-state index contributed by atoms with van der Waals surface area (Å²) in [5.41, 5.74) is 11.4. The summed E-state index contributed by atoms with van der Waals surface area (Å²) in [6.45, 7) is 6.80. The van der Waals surface area contributed by atoms with Crippen molar-refractivity contribution in [2.75, 3.05) is 0 Å². The first-order valence-electron chi connectivity index (χ1n) is 11.7. The van der Waals surface area contributed by atoms with Gasteiger partial charge in [0.1, 0.15) is 5.84 Å². The van der Waals surface area contributed by atoms with E-state index < -0.39 is 0 Å². The van der Waals surface area contributed by atoms with Gasteiger partial charge >= 0.3 is 0 Å². The number of nitrogens with two attached hydrogens (primary N) is 1. The molecule has 2 aliphatic rings. The molecule has 0 amide bonds. The molecule has 0 saturated heterocycles. The van der Waals surface area contributed by atoms with Crippen LogP contribution in [0.15, 0.2) is 77.9 Å². The summed E-state index contributed by atoms with van der Waals surface area (Å²) in [7, 11) is 0. The van der Waals surface area contributed by atoms with Gasteiger partial charge < -0.3 is 10.3 Å². The molecule has 2 unspecified atom stereocenters. The van der Waals surface area contributed by atoms with Crippen LogP contribution < -0.4 is 5.73 Å². The molecule has 0 bridgehead atoms. The summed E-state index contributed by atoms with van der Waals surface area (Å²) < 4.78 is 2.26. The van der Waals surface area contributed by atoms with Crippen molar-refractivity contribution in [1.29, 1.82) is 0 Å². The second-order valence-corrected chi connectivity index (χ2v) is 9.65. The van der Waals surface area contributed by atoms with E-state index in [0.717, 1.165) is 37.9 Å². The number of aromatic nitrogens is 1. The average molecular weight is 412 g/mol. The normalized spacial score (nSPS) is 26.2. The first-order valence-corrected chi connectivity index (χ1v) is 11.7. The molecule has 0 radical (unpaired) electrons. The first-order chi connectivity index (χ1) is 15.0. The van der Waals surface area contributed by atoms with Crippen LogP contribution in [0.4, 0.5) is 0 Å². The highest BCUT2D eigenvalue weighted by Crippen LogP contribution is 2.38. The van der Waals surface area contributed by atoms with E-state index in [4.69, 9.17) is 10.7 Å². The minimum atomic E-state index is -0.212. The standard InChI is InChI=1S/C28H33N3/c1-20(18-22-9-3-5-12-25(22)23-10-7-11-24(29)19-23)28(2)16-14-27(30-28)31-17-15-21-8-4-6-13-26(21)31/h3-6,8-9,12-13,15,17,23-24H,1,7,10-11,14,16,18-19,29H2,2H3/t23?,24-,28?/m1/s1. The molecule has 5 rings (SSSR count). The Morgan fingerprint density at radius 2 is 1.94 bits per heavy atom. The molecular formula is C28H33N3. The van der Waals surface area contributed by atoms with Crippen molar-refractivity contribution in [3.8, 4) is 0 Å². The van der Waals surface area contributed by atoms with Crippen molar-refractivity contribution in [3.05, 3.63) is 84.1 Å². The fourth-order valence-corrected chi connectivity index (χ4v) is 5.51. The molecule has 3 heteroatoms. The zero-order chi connectivity index (χ0) is 21.4. The van der Waals surface area contributed by atoms with E-state index in [1.165, 1.54) is 40.4 Å². The lowest BCUT2D eigenvalue weighted by molar-refractivity contribution is 0.392. The minimum Gasteiger partial charge on any atom is -0.328 e. The summed E-state index contributed by atoms with van der Waals surface area (Å²) in [4.78, 5) is 5.22. The fraction of sp³-hybridized carbons (Fsp3) is 0.393. The van der Waals surface area contributed by atoms with Crippen molar-refractivity contribution in [3.63, 3.8) is 0 Å². The van der Waals surface area contributed by atoms with Crippen LogP contribution in [0.3, 0.4) is 0 Å². The summed E-state index contributed by atoms with van der Waals surface area (Å²) in [6.07, 6.45) is 9.78. The van der Waals surface area contributed by atoms with E-state index in [9.17, 15) is 0 Å². The molecule has 2 heterocycles. The van der Waals surface area contributed by atoms with E-state index in [1.807, 2.05) is 0 Å². The monoisotopic (exact) mass is 411 g/mol. The van der Waals surface area contributed by atoms with Gasteiger partial charge in [0.15, 0.2) is 0 Å². The highest BCUT2D eigenvalue weighted by Gasteiger charge is 2.34. The van der Waals surface area contributed by atoms with Crippen LogP contribution in [0.5, 0.6) is 0 Å². The van der Waals surface area contributed by atoms with Gasteiger partial charge in [-0.15, -0.1) is 0 Å². The Morgan fingerprint density at radius 1 is 1.13 bits per heavy atom. The molecule has 3 atom stereocenters. The number of hydrogen-bond donors (Lipinski definition) is 1. The third kappa shape index (κ3) is 3.87. The number of aliphatic imine (C=N–C) groups is 1. The van der Waals surface area contributed by atoms with Crippen LogP contribution in [0.1, 0.15) is 62.5 Å². The third-order valence-corrected chi connectivity index (χ3v) is 7.46. The van der Waals surface area contributed by atoms with Crippen molar-refractivity contribution in [2.45, 2.75) is 69.4 Å². The first kappa shape index (κ1) is 20.3. The maximum Gasteiger partial charge on any atom is 0.109 e. The maximum atomic E-state index is 6.30. The molecule has 160 valence electrons. The Balaban J connectivity index is 1.39. The largest absolute Gasteiger partial charge is 0.328 e. The molecule has 2 N–H and O–H groups in total. The molecule has 2 aromatic carbocycles.